The first-order chi connectivity index (χ1) is 18.1. The third kappa shape index (κ3) is 7.05. The lowest BCUT2D eigenvalue weighted by Crippen LogP contribution is -2.45. The Morgan fingerprint density at radius 1 is 0.921 bits per heavy atom. The lowest BCUT2D eigenvalue weighted by atomic mass is 10.1. The summed E-state index contributed by atoms with van der Waals surface area (Å²) in [6.45, 7) is -0.950. The molecule has 0 aromatic heterocycles. The molecule has 13 heteroatoms. The second kappa shape index (κ2) is 12.7. The summed E-state index contributed by atoms with van der Waals surface area (Å²) in [6.07, 6.45) is -6.28. The van der Waals surface area contributed by atoms with Crippen molar-refractivity contribution in [3.8, 4) is 0 Å². The van der Waals surface area contributed by atoms with Crippen molar-refractivity contribution < 1.29 is 41.0 Å². The van der Waals surface area contributed by atoms with Crippen molar-refractivity contribution in [3.63, 3.8) is 0 Å². The number of nitro benzene ring substituents is 1. The fourth-order valence-corrected chi connectivity index (χ4v) is 4.47. The minimum absolute atomic E-state index is 0.0173. The van der Waals surface area contributed by atoms with Gasteiger partial charge in [-0.15, -0.1) is 0 Å². The minimum Gasteiger partial charge on any atom is -0.459 e. The molecule has 3 aromatic carbocycles. The number of nitro groups is 1. The van der Waals surface area contributed by atoms with E-state index < -0.39 is 62.5 Å². The summed E-state index contributed by atoms with van der Waals surface area (Å²) in [4.78, 5) is 34.7. The molecule has 198 valence electrons. The number of hydrogen-bond donors (Lipinski definition) is 1. The van der Waals surface area contributed by atoms with Crippen LogP contribution in [0.2, 0.25) is 0 Å². The smallest absolute Gasteiger partial charge is 0.338 e. The summed E-state index contributed by atoms with van der Waals surface area (Å²) in [6, 6.07) is 19.1. The largest absolute Gasteiger partial charge is 0.459 e. The summed E-state index contributed by atoms with van der Waals surface area (Å²) in [5.41, 5.74) is -0.764. The number of ether oxygens (including phenoxy) is 2. The third-order valence-corrected chi connectivity index (χ3v) is 6.45. The topological polar surface area (TPSA) is 163 Å². The molecule has 0 saturated carbocycles. The fraction of sp³-hybridized carbons (Fsp3) is 0.160. The minimum atomic E-state index is -5.00. The first-order valence-electron chi connectivity index (χ1n) is 10.9. The van der Waals surface area contributed by atoms with E-state index in [-0.39, 0.29) is 17.3 Å². The van der Waals surface area contributed by atoms with Crippen molar-refractivity contribution in [2.24, 2.45) is 0 Å². The number of carbonyl (C=O) groups is 2. The Balaban J connectivity index is 1.97. The van der Waals surface area contributed by atoms with Gasteiger partial charge in [0.15, 0.2) is 23.3 Å². The molecule has 0 heterocycles. The predicted octanol–water partition coefficient (Wildman–Crippen LogP) is 3.74. The Kier molecular flexibility index (Phi) is 9.35. The van der Waals surface area contributed by atoms with Crippen LogP contribution in [0.1, 0.15) is 20.7 Å². The maximum absolute atomic E-state index is 14.9. The lowest BCUT2D eigenvalue weighted by Gasteiger charge is -2.27. The Morgan fingerprint density at radius 3 is 2.00 bits per heavy atom. The van der Waals surface area contributed by atoms with Gasteiger partial charge in [0.25, 0.3) is 5.69 Å². The van der Waals surface area contributed by atoms with E-state index in [1.165, 1.54) is 48.5 Å². The van der Waals surface area contributed by atoms with E-state index in [1.807, 2.05) is 0 Å². The van der Waals surface area contributed by atoms with Crippen molar-refractivity contribution >= 4 is 34.0 Å². The van der Waals surface area contributed by atoms with Gasteiger partial charge in [0.2, 0.25) is 0 Å². The van der Waals surface area contributed by atoms with Crippen LogP contribution in [0.25, 0.3) is 0 Å². The Bertz CT molecular complexity index is 1400. The molecule has 3 atom stereocenters. The predicted molar refractivity (Wildman–Crippen MR) is 131 cm³/mol. The SMILES string of the molecule is N=C[C@@H](F)[C@H](OC(=O)c1ccccc1)[C@@H](COC(=O)c1ccccc1)OS(=O)(=O)c1ccccc1[N+](=O)[O-]. The van der Waals surface area contributed by atoms with Gasteiger partial charge < -0.3 is 14.9 Å². The van der Waals surface area contributed by atoms with E-state index in [4.69, 9.17) is 19.1 Å². The van der Waals surface area contributed by atoms with E-state index in [1.54, 1.807) is 24.3 Å². The van der Waals surface area contributed by atoms with Crippen molar-refractivity contribution in [2.75, 3.05) is 6.61 Å². The molecular weight excluding hydrogens is 523 g/mol. The molecule has 0 radical (unpaired) electrons. The molecule has 0 aliphatic heterocycles. The van der Waals surface area contributed by atoms with Gasteiger partial charge in [-0.3, -0.25) is 14.3 Å². The number of benzene rings is 3. The number of nitrogens with one attached hydrogen (secondary N) is 1. The normalized spacial score (nSPS) is 13.5. The lowest BCUT2D eigenvalue weighted by molar-refractivity contribution is -0.387. The molecular formula is C25H21FN2O9S. The number of halogens is 1. The third-order valence-electron chi connectivity index (χ3n) is 5.06. The molecule has 0 saturated heterocycles. The van der Waals surface area contributed by atoms with Gasteiger partial charge in [-0.2, -0.15) is 8.42 Å². The number of para-hydroxylation sites is 1. The molecule has 0 unspecified atom stereocenters. The van der Waals surface area contributed by atoms with Gasteiger partial charge in [0, 0.05) is 12.3 Å². The second-order valence-corrected chi connectivity index (χ2v) is 9.17. The number of rotatable bonds is 12. The van der Waals surface area contributed by atoms with Crippen molar-refractivity contribution in [1.82, 2.24) is 0 Å². The van der Waals surface area contributed by atoms with Crippen molar-refractivity contribution in [3.05, 3.63) is 106 Å². The summed E-state index contributed by atoms with van der Waals surface area (Å²) in [7, 11) is -5.00. The molecule has 0 aliphatic rings. The zero-order valence-electron chi connectivity index (χ0n) is 19.5. The molecule has 3 aromatic rings. The molecule has 1 N–H and O–H groups in total. The molecule has 11 nitrogen and oxygen atoms in total. The van der Waals surface area contributed by atoms with Gasteiger partial charge in [-0.05, 0) is 30.3 Å². The van der Waals surface area contributed by atoms with Crippen LogP contribution in [-0.2, 0) is 23.8 Å². The molecule has 0 amide bonds. The standard InChI is InChI=1S/C25H21FN2O9S/c26-19(15-27)23(36-25(30)18-11-5-2-6-12-18)21(16-35-24(29)17-9-3-1-4-10-17)37-38(33,34)22-14-8-7-13-20(22)28(31)32/h1-15,19,21,23,27H,16H2/t19-,21-,23+/m1/s1. The second-order valence-electron chi connectivity index (χ2n) is 7.63. The van der Waals surface area contributed by atoms with Crippen LogP contribution in [-0.4, -0.2) is 56.5 Å². The maximum Gasteiger partial charge on any atom is 0.338 e. The van der Waals surface area contributed by atoms with Gasteiger partial charge in [0.1, 0.15) is 6.61 Å². The van der Waals surface area contributed by atoms with Crippen LogP contribution in [0.5, 0.6) is 0 Å². The summed E-state index contributed by atoms with van der Waals surface area (Å²) in [5, 5.41) is 18.7. The van der Waals surface area contributed by atoms with Crippen LogP contribution in [0.4, 0.5) is 10.1 Å². The summed E-state index contributed by atoms with van der Waals surface area (Å²) in [5.74, 6) is -2.01. The first-order valence-corrected chi connectivity index (χ1v) is 12.3. The molecule has 38 heavy (non-hydrogen) atoms. The van der Waals surface area contributed by atoms with Gasteiger partial charge >= 0.3 is 22.1 Å². The van der Waals surface area contributed by atoms with Gasteiger partial charge in [0.05, 0.1) is 16.1 Å². The number of alkyl halides is 1. The summed E-state index contributed by atoms with van der Waals surface area (Å²) >= 11 is 0. The molecule has 0 fully saturated rings. The fourth-order valence-electron chi connectivity index (χ4n) is 3.23. The zero-order chi connectivity index (χ0) is 27.7. The number of esters is 2. The Hall–Kier alpha value is -4.49. The Labute approximate surface area is 216 Å². The van der Waals surface area contributed by atoms with Crippen LogP contribution in [0.15, 0.2) is 89.8 Å². The van der Waals surface area contributed by atoms with E-state index in [2.05, 4.69) is 0 Å². The Morgan fingerprint density at radius 2 is 1.45 bits per heavy atom. The van der Waals surface area contributed by atoms with Crippen molar-refractivity contribution in [2.45, 2.75) is 23.3 Å². The van der Waals surface area contributed by atoms with Crippen LogP contribution < -0.4 is 0 Å². The number of nitrogens with zero attached hydrogens (tertiary/aromatic N) is 1. The van der Waals surface area contributed by atoms with Gasteiger partial charge in [-0.25, -0.2) is 14.0 Å². The highest BCUT2D eigenvalue weighted by Gasteiger charge is 2.40. The van der Waals surface area contributed by atoms with Crippen molar-refractivity contribution in [1.29, 1.82) is 5.41 Å². The van der Waals surface area contributed by atoms with Crippen LogP contribution in [0, 0.1) is 15.5 Å². The molecule has 0 bridgehead atoms. The zero-order valence-corrected chi connectivity index (χ0v) is 20.3. The molecule has 0 aliphatic carbocycles. The molecule has 0 spiro atoms. The number of hydrogen-bond acceptors (Lipinski definition) is 10. The highest BCUT2D eigenvalue weighted by atomic mass is 32.2. The average Bonchev–Trinajstić information content (AvgIpc) is 2.94. The maximum atomic E-state index is 14.9. The van der Waals surface area contributed by atoms with E-state index in [0.29, 0.717) is 0 Å². The van der Waals surface area contributed by atoms with Crippen LogP contribution in [0.3, 0.4) is 0 Å². The van der Waals surface area contributed by atoms with E-state index in [0.717, 1.165) is 12.1 Å². The quantitative estimate of drug-likeness (QED) is 0.118. The van der Waals surface area contributed by atoms with Crippen LogP contribution >= 0.6 is 0 Å². The van der Waals surface area contributed by atoms with E-state index in [9.17, 15) is 32.5 Å². The summed E-state index contributed by atoms with van der Waals surface area (Å²) < 4.78 is 56.4. The monoisotopic (exact) mass is 544 g/mol. The first kappa shape index (κ1) is 28.1. The molecule has 3 rings (SSSR count). The number of carbonyl (C=O) groups excluding carboxylic acids is 2. The van der Waals surface area contributed by atoms with Gasteiger partial charge in [-0.1, -0.05) is 48.5 Å². The highest BCUT2D eigenvalue weighted by Crippen LogP contribution is 2.27. The highest BCUT2D eigenvalue weighted by molar-refractivity contribution is 7.87. The van der Waals surface area contributed by atoms with E-state index >= 15 is 0 Å². The average molecular weight is 545 g/mol.